The molecular formula is C13H18N2O8S. The number of ether oxygens (including phenoxy) is 3. The number of nitrogens with zero attached hydrogens (tertiary/aromatic N) is 1. The summed E-state index contributed by atoms with van der Waals surface area (Å²) in [7, 11) is -3.66. The Hall–Kier alpha value is -1.53. The second-order valence-electron chi connectivity index (χ2n) is 6.14. The molecule has 2 aliphatic heterocycles. The van der Waals surface area contributed by atoms with Crippen LogP contribution in [0.1, 0.15) is 20.1 Å². The van der Waals surface area contributed by atoms with Crippen molar-refractivity contribution >= 4 is 10.1 Å². The van der Waals surface area contributed by atoms with Crippen molar-refractivity contribution in [2.24, 2.45) is 0 Å². The van der Waals surface area contributed by atoms with Crippen LogP contribution in [0.5, 0.6) is 0 Å². The Morgan fingerprint density at radius 2 is 1.96 bits per heavy atom. The van der Waals surface area contributed by atoms with E-state index < -0.39 is 51.7 Å². The second kappa shape index (κ2) is 5.77. The monoisotopic (exact) mass is 362 g/mol. The number of aromatic nitrogens is 2. The average molecular weight is 362 g/mol. The lowest BCUT2D eigenvalue weighted by atomic mass is 10.1. The molecule has 134 valence electrons. The molecule has 1 aromatic rings. The highest BCUT2D eigenvalue weighted by Crippen LogP contribution is 2.42. The first-order valence-electron chi connectivity index (χ1n) is 7.23. The third-order valence-electron chi connectivity index (χ3n) is 3.70. The van der Waals surface area contributed by atoms with Gasteiger partial charge in [0, 0.05) is 12.3 Å². The molecular weight excluding hydrogens is 344 g/mol. The van der Waals surface area contributed by atoms with Crippen LogP contribution in [0.2, 0.25) is 0 Å². The SMILES string of the molecule is CC1(C)O[C@H]2[C@H](O1)[C@@H](n1ccc(=O)[nH]c1=O)O[C@H]2COS(C)(=O)=O. The van der Waals surface area contributed by atoms with Crippen molar-refractivity contribution in [3.05, 3.63) is 33.1 Å². The predicted octanol–water partition coefficient (Wildman–Crippen LogP) is -1.07. The fourth-order valence-corrected chi connectivity index (χ4v) is 3.22. The number of fused-ring (bicyclic) bond motifs is 1. The smallest absolute Gasteiger partial charge is 0.330 e. The molecule has 0 radical (unpaired) electrons. The molecule has 0 bridgehead atoms. The minimum atomic E-state index is -3.66. The van der Waals surface area contributed by atoms with E-state index in [1.165, 1.54) is 16.8 Å². The van der Waals surface area contributed by atoms with Gasteiger partial charge in [-0.2, -0.15) is 8.42 Å². The highest BCUT2D eigenvalue weighted by atomic mass is 32.2. The third-order valence-corrected chi connectivity index (χ3v) is 4.26. The van der Waals surface area contributed by atoms with Crippen LogP contribution in [0.15, 0.2) is 21.9 Å². The van der Waals surface area contributed by atoms with Gasteiger partial charge < -0.3 is 14.2 Å². The summed E-state index contributed by atoms with van der Waals surface area (Å²) in [6, 6.07) is 1.18. The minimum absolute atomic E-state index is 0.270. The molecule has 3 heterocycles. The topological polar surface area (TPSA) is 126 Å². The molecule has 0 saturated carbocycles. The summed E-state index contributed by atoms with van der Waals surface area (Å²) in [5.41, 5.74) is -1.20. The number of hydrogen-bond donors (Lipinski definition) is 1. The quantitative estimate of drug-likeness (QED) is 0.671. The van der Waals surface area contributed by atoms with E-state index in [0.717, 1.165) is 6.26 Å². The molecule has 1 aromatic heterocycles. The lowest BCUT2D eigenvalue weighted by molar-refractivity contribution is -0.199. The molecule has 3 rings (SSSR count). The van der Waals surface area contributed by atoms with Gasteiger partial charge in [0.2, 0.25) is 0 Å². The van der Waals surface area contributed by atoms with E-state index in [1.54, 1.807) is 13.8 Å². The Bertz CT molecular complexity index is 842. The number of rotatable bonds is 4. The summed E-state index contributed by atoms with van der Waals surface area (Å²) >= 11 is 0. The Morgan fingerprint density at radius 1 is 1.29 bits per heavy atom. The molecule has 0 spiro atoms. The van der Waals surface area contributed by atoms with Crippen LogP contribution >= 0.6 is 0 Å². The Labute approximate surface area is 137 Å². The number of hydrogen-bond acceptors (Lipinski definition) is 8. The molecule has 10 nitrogen and oxygen atoms in total. The zero-order chi connectivity index (χ0) is 17.7. The molecule has 11 heteroatoms. The maximum absolute atomic E-state index is 12.0. The zero-order valence-corrected chi connectivity index (χ0v) is 14.1. The van der Waals surface area contributed by atoms with Crippen molar-refractivity contribution in [2.75, 3.05) is 12.9 Å². The standard InChI is InChI=1S/C13H18N2O8S/c1-13(2)22-9-7(6-20-24(3,18)19)21-11(10(9)23-13)15-5-4-8(16)14-12(15)17/h4-5,7,9-11H,6H2,1-3H3,(H,14,16,17)/t7-,9+,10-,11-/m0/s1. The molecule has 1 N–H and O–H groups in total. The first-order chi connectivity index (χ1) is 11.1. The summed E-state index contributed by atoms with van der Waals surface area (Å²) in [6.45, 7) is 3.13. The molecule has 0 amide bonds. The lowest BCUT2D eigenvalue weighted by Gasteiger charge is -2.24. The Balaban J connectivity index is 1.90. The van der Waals surface area contributed by atoms with E-state index in [-0.39, 0.29) is 6.61 Å². The molecule has 0 aliphatic carbocycles. The van der Waals surface area contributed by atoms with Crippen LogP contribution in [0.25, 0.3) is 0 Å². The summed E-state index contributed by atoms with van der Waals surface area (Å²) in [5, 5.41) is 0. The fraction of sp³-hybridized carbons (Fsp3) is 0.692. The first-order valence-corrected chi connectivity index (χ1v) is 9.04. The van der Waals surface area contributed by atoms with Gasteiger partial charge >= 0.3 is 5.69 Å². The molecule has 0 unspecified atom stereocenters. The van der Waals surface area contributed by atoms with Gasteiger partial charge in [-0.1, -0.05) is 0 Å². The number of H-pyrrole nitrogens is 1. The fourth-order valence-electron chi connectivity index (χ4n) is 2.84. The van der Waals surface area contributed by atoms with Gasteiger partial charge in [0.15, 0.2) is 12.0 Å². The van der Waals surface area contributed by atoms with Gasteiger partial charge in [0.25, 0.3) is 15.7 Å². The molecule has 2 saturated heterocycles. The van der Waals surface area contributed by atoms with Crippen molar-refractivity contribution in [1.82, 2.24) is 9.55 Å². The molecule has 4 atom stereocenters. The summed E-state index contributed by atoms with van der Waals surface area (Å²) in [5.74, 6) is -0.924. The van der Waals surface area contributed by atoms with Crippen LogP contribution in [0, 0.1) is 0 Å². The van der Waals surface area contributed by atoms with Crippen molar-refractivity contribution in [2.45, 2.75) is 44.2 Å². The van der Waals surface area contributed by atoms with Crippen LogP contribution in [0.3, 0.4) is 0 Å². The van der Waals surface area contributed by atoms with Gasteiger partial charge in [-0.25, -0.2) is 4.79 Å². The number of nitrogens with one attached hydrogen (secondary N) is 1. The largest absolute Gasteiger partial charge is 0.346 e. The summed E-state index contributed by atoms with van der Waals surface area (Å²) in [6.07, 6.45) is -0.691. The highest BCUT2D eigenvalue weighted by molar-refractivity contribution is 7.85. The maximum atomic E-state index is 12.0. The third kappa shape index (κ3) is 3.44. The van der Waals surface area contributed by atoms with Crippen molar-refractivity contribution in [3.8, 4) is 0 Å². The lowest BCUT2D eigenvalue weighted by Crippen LogP contribution is -2.37. The first kappa shape index (κ1) is 17.3. The van der Waals surface area contributed by atoms with Crippen molar-refractivity contribution in [1.29, 1.82) is 0 Å². The maximum Gasteiger partial charge on any atom is 0.330 e. The molecule has 24 heavy (non-hydrogen) atoms. The zero-order valence-electron chi connectivity index (χ0n) is 13.3. The second-order valence-corrected chi connectivity index (χ2v) is 7.78. The molecule has 2 aliphatic rings. The minimum Gasteiger partial charge on any atom is -0.346 e. The molecule has 0 aromatic carbocycles. The normalized spacial score (nSPS) is 32.0. The van der Waals surface area contributed by atoms with E-state index in [2.05, 4.69) is 4.98 Å². The Morgan fingerprint density at radius 3 is 2.58 bits per heavy atom. The van der Waals surface area contributed by atoms with Gasteiger partial charge in [-0.3, -0.25) is 18.5 Å². The van der Waals surface area contributed by atoms with Gasteiger partial charge in [0.05, 0.1) is 12.9 Å². The van der Waals surface area contributed by atoms with Crippen LogP contribution in [0.4, 0.5) is 0 Å². The van der Waals surface area contributed by atoms with Crippen LogP contribution < -0.4 is 11.2 Å². The van der Waals surface area contributed by atoms with E-state index in [0.29, 0.717) is 0 Å². The van der Waals surface area contributed by atoms with E-state index in [9.17, 15) is 18.0 Å². The average Bonchev–Trinajstić information content (AvgIpc) is 2.90. The number of aromatic amines is 1. The Kier molecular flexibility index (Phi) is 4.16. The predicted molar refractivity (Wildman–Crippen MR) is 79.9 cm³/mol. The summed E-state index contributed by atoms with van der Waals surface area (Å²) in [4.78, 5) is 25.4. The van der Waals surface area contributed by atoms with E-state index >= 15 is 0 Å². The van der Waals surface area contributed by atoms with Crippen molar-refractivity contribution in [3.63, 3.8) is 0 Å². The highest BCUT2D eigenvalue weighted by Gasteiger charge is 2.56. The summed E-state index contributed by atoms with van der Waals surface area (Å²) < 4.78 is 45.6. The van der Waals surface area contributed by atoms with Gasteiger partial charge in [0.1, 0.15) is 18.3 Å². The van der Waals surface area contributed by atoms with Crippen LogP contribution in [-0.4, -0.2) is 54.9 Å². The van der Waals surface area contributed by atoms with Crippen molar-refractivity contribution < 1.29 is 26.8 Å². The van der Waals surface area contributed by atoms with E-state index in [4.69, 9.17) is 18.4 Å². The molecule has 2 fully saturated rings. The van der Waals surface area contributed by atoms with Gasteiger partial charge in [-0.05, 0) is 13.8 Å². The van der Waals surface area contributed by atoms with E-state index in [1.807, 2.05) is 0 Å². The van der Waals surface area contributed by atoms with Gasteiger partial charge in [-0.15, -0.1) is 0 Å². The van der Waals surface area contributed by atoms with Crippen LogP contribution in [-0.2, 0) is 28.5 Å².